The summed E-state index contributed by atoms with van der Waals surface area (Å²) in [6.07, 6.45) is 4.88. The second kappa shape index (κ2) is 10.2. The van der Waals surface area contributed by atoms with Crippen molar-refractivity contribution in [3.05, 3.63) is 60.0 Å². The predicted octanol–water partition coefficient (Wildman–Crippen LogP) is 2.27. The molecule has 0 saturated heterocycles. The van der Waals surface area contributed by atoms with Crippen LogP contribution in [0.25, 0.3) is 16.9 Å². The molecule has 0 radical (unpaired) electrons. The van der Waals surface area contributed by atoms with Gasteiger partial charge < -0.3 is 26.5 Å². The zero-order valence-corrected chi connectivity index (χ0v) is 19.7. The van der Waals surface area contributed by atoms with Crippen LogP contribution in [-0.2, 0) is 13.0 Å². The second-order valence-corrected chi connectivity index (χ2v) is 7.53. The molecule has 2 heterocycles. The first kappa shape index (κ1) is 22.4. The van der Waals surface area contributed by atoms with E-state index < -0.39 is 0 Å². The van der Waals surface area contributed by atoms with Crippen molar-refractivity contribution >= 4 is 0 Å². The van der Waals surface area contributed by atoms with E-state index in [0.717, 1.165) is 24.5 Å². The van der Waals surface area contributed by atoms with Gasteiger partial charge in [-0.3, -0.25) is 0 Å². The van der Waals surface area contributed by atoms with Gasteiger partial charge in [-0.1, -0.05) is 0 Å². The van der Waals surface area contributed by atoms with Crippen LogP contribution in [0.1, 0.15) is 44.6 Å². The first-order chi connectivity index (χ1) is 14.2. The predicted molar refractivity (Wildman–Crippen MR) is 116 cm³/mol. The first-order valence-corrected chi connectivity index (χ1v) is 10.8. The van der Waals surface area contributed by atoms with Crippen molar-refractivity contribution in [2.24, 2.45) is 0 Å². The third kappa shape index (κ3) is 4.41. The molecule has 30 heavy (non-hydrogen) atoms. The summed E-state index contributed by atoms with van der Waals surface area (Å²) >= 11 is 0. The van der Waals surface area contributed by atoms with Gasteiger partial charge >= 0.3 is 0 Å². The number of hydrogen-bond donors (Lipinski definition) is 0. The summed E-state index contributed by atoms with van der Waals surface area (Å²) < 4.78 is 16.3. The molecule has 0 unspecified atom stereocenters. The van der Waals surface area contributed by atoms with Crippen LogP contribution in [0.15, 0.2) is 48.5 Å². The van der Waals surface area contributed by atoms with E-state index in [2.05, 4.69) is 64.6 Å². The summed E-state index contributed by atoms with van der Waals surface area (Å²) in [5.74, 6) is 3.23. The summed E-state index contributed by atoms with van der Waals surface area (Å²) in [5.41, 5.74) is 5.02. The van der Waals surface area contributed by atoms with E-state index in [4.69, 9.17) is 9.47 Å². The van der Waals surface area contributed by atoms with Gasteiger partial charge in [0.05, 0.1) is 19.8 Å². The van der Waals surface area contributed by atoms with Gasteiger partial charge in [-0.15, -0.1) is 0 Å². The first-order valence-electron chi connectivity index (χ1n) is 10.8. The minimum Gasteiger partial charge on any atom is -1.00 e. The van der Waals surface area contributed by atoms with Gasteiger partial charge in [0.2, 0.25) is 0 Å². The van der Waals surface area contributed by atoms with Crippen LogP contribution in [0.3, 0.4) is 0 Å². The molecule has 0 fully saturated rings. The molecule has 0 saturated carbocycles. The quantitative estimate of drug-likeness (QED) is 0.516. The number of hydrogen-bond acceptors (Lipinski definition) is 2. The molecular weight excluding hydrogens is 440 g/mol. The summed E-state index contributed by atoms with van der Waals surface area (Å²) in [5, 5.41) is 0. The molecule has 4 rings (SSSR count). The smallest absolute Gasteiger partial charge is 0.262 e. The maximum absolute atomic E-state index is 5.66. The highest BCUT2D eigenvalue weighted by Gasteiger charge is 2.31. The molecule has 2 aromatic carbocycles. The Morgan fingerprint density at radius 1 is 0.833 bits per heavy atom. The molecule has 0 atom stereocenters. The number of aromatic nitrogens is 2. The monoisotopic (exact) mass is 470 g/mol. The van der Waals surface area contributed by atoms with Gasteiger partial charge in [-0.2, -0.15) is 4.57 Å². The largest absolute Gasteiger partial charge is 1.00 e. The summed E-state index contributed by atoms with van der Waals surface area (Å²) in [7, 11) is 0. The molecule has 4 nitrogen and oxygen atoms in total. The Labute approximate surface area is 190 Å². The van der Waals surface area contributed by atoms with Gasteiger partial charge in [-0.05, 0) is 81.6 Å². The molecule has 0 amide bonds. The number of rotatable bonds is 6. The van der Waals surface area contributed by atoms with Gasteiger partial charge in [0.1, 0.15) is 22.9 Å². The lowest BCUT2D eigenvalue weighted by molar-refractivity contribution is -0.707. The van der Waals surface area contributed by atoms with E-state index in [1.165, 1.54) is 47.7 Å². The highest BCUT2D eigenvalue weighted by molar-refractivity contribution is 5.65. The number of ether oxygens (including phenoxy) is 2. The van der Waals surface area contributed by atoms with E-state index in [1.807, 2.05) is 13.8 Å². The minimum atomic E-state index is 0. The lowest BCUT2D eigenvalue weighted by atomic mass is 10.1. The molecule has 1 aliphatic rings. The van der Waals surface area contributed by atoms with E-state index in [-0.39, 0.29) is 17.0 Å². The van der Waals surface area contributed by atoms with Crippen molar-refractivity contribution in [1.29, 1.82) is 0 Å². The normalized spacial score (nSPS) is 13.2. The average Bonchev–Trinajstić information content (AvgIpc) is 2.88. The Morgan fingerprint density at radius 3 is 2.03 bits per heavy atom. The number of benzene rings is 2. The van der Waals surface area contributed by atoms with Crippen LogP contribution in [0.4, 0.5) is 0 Å². The maximum Gasteiger partial charge on any atom is 0.262 e. The molecule has 0 N–H and O–H groups in total. The Kier molecular flexibility index (Phi) is 7.59. The van der Waals surface area contributed by atoms with Crippen molar-refractivity contribution in [3.63, 3.8) is 0 Å². The molecule has 160 valence electrons. The fourth-order valence-electron chi connectivity index (χ4n) is 4.36. The van der Waals surface area contributed by atoms with Gasteiger partial charge in [-0.25, -0.2) is 4.57 Å². The van der Waals surface area contributed by atoms with E-state index in [9.17, 15) is 0 Å². The van der Waals surface area contributed by atoms with Crippen molar-refractivity contribution in [3.8, 4) is 28.4 Å². The standard InChI is InChI=1S/C25H31N2O2.BrH/c1-4-28-22-14-10-20(11-15-22)25-19(3)26-18-8-6-7-9-24(26)27(25)21-12-16-23(17-13-21)29-5-2;/h10-17H,4-9,18H2,1-3H3;1H/q+1;/p-1. The Bertz CT molecular complexity index is 962. The zero-order valence-electron chi connectivity index (χ0n) is 18.2. The highest BCUT2D eigenvalue weighted by Crippen LogP contribution is 2.31. The van der Waals surface area contributed by atoms with Gasteiger partial charge in [0, 0.05) is 18.9 Å². The van der Waals surface area contributed by atoms with E-state index in [0.29, 0.717) is 13.2 Å². The van der Waals surface area contributed by atoms with Crippen molar-refractivity contribution in [2.45, 2.75) is 53.0 Å². The number of nitrogens with zero attached hydrogens (tertiary/aromatic N) is 2. The topological polar surface area (TPSA) is 27.3 Å². The Hall–Kier alpha value is -2.27. The highest BCUT2D eigenvalue weighted by atomic mass is 79.9. The lowest BCUT2D eigenvalue weighted by Gasteiger charge is -2.08. The molecule has 5 heteroatoms. The Morgan fingerprint density at radius 2 is 1.43 bits per heavy atom. The molecule has 0 spiro atoms. The third-order valence-electron chi connectivity index (χ3n) is 5.67. The summed E-state index contributed by atoms with van der Waals surface area (Å²) in [6.45, 7) is 8.75. The van der Waals surface area contributed by atoms with Crippen molar-refractivity contribution in [1.82, 2.24) is 4.57 Å². The molecular formula is C25H31BrN2O2. The van der Waals surface area contributed by atoms with E-state index in [1.54, 1.807) is 0 Å². The minimum absolute atomic E-state index is 0. The summed E-state index contributed by atoms with van der Waals surface area (Å²) in [4.78, 5) is 0. The maximum atomic E-state index is 5.66. The van der Waals surface area contributed by atoms with Crippen molar-refractivity contribution in [2.75, 3.05) is 13.2 Å². The van der Waals surface area contributed by atoms with Crippen LogP contribution in [0.5, 0.6) is 11.5 Å². The third-order valence-corrected chi connectivity index (χ3v) is 5.67. The number of imidazole rings is 1. The molecule has 0 bridgehead atoms. The average molecular weight is 471 g/mol. The lowest BCUT2D eigenvalue weighted by Crippen LogP contribution is -3.00. The van der Waals surface area contributed by atoms with Crippen LogP contribution in [-0.4, -0.2) is 17.8 Å². The molecule has 1 aliphatic heterocycles. The van der Waals surface area contributed by atoms with E-state index >= 15 is 0 Å². The van der Waals surface area contributed by atoms with Crippen LogP contribution >= 0.6 is 0 Å². The van der Waals surface area contributed by atoms with Crippen LogP contribution < -0.4 is 31.0 Å². The number of fused-ring (bicyclic) bond motifs is 1. The molecule has 0 aliphatic carbocycles. The van der Waals surface area contributed by atoms with Gasteiger partial charge in [0.25, 0.3) is 5.82 Å². The fraction of sp³-hybridized carbons (Fsp3) is 0.400. The second-order valence-electron chi connectivity index (χ2n) is 7.53. The van der Waals surface area contributed by atoms with Crippen LogP contribution in [0, 0.1) is 6.92 Å². The summed E-state index contributed by atoms with van der Waals surface area (Å²) in [6, 6.07) is 17.0. The SMILES string of the molecule is CCOc1ccc(-c2c(C)[n+]3c(n2-c2ccc(OCC)cc2)CCCCC3)cc1.[Br-]. The Balaban J connectivity index is 0.00000256. The van der Waals surface area contributed by atoms with Gasteiger partial charge in [0.15, 0.2) is 5.69 Å². The fourth-order valence-corrected chi connectivity index (χ4v) is 4.36. The number of halogens is 1. The molecule has 3 aromatic rings. The van der Waals surface area contributed by atoms with Crippen molar-refractivity contribution < 1.29 is 31.0 Å². The van der Waals surface area contributed by atoms with Crippen LogP contribution in [0.2, 0.25) is 0 Å². The molecule has 1 aromatic heterocycles. The zero-order chi connectivity index (χ0) is 20.2.